The van der Waals surface area contributed by atoms with Crippen molar-refractivity contribution in [2.24, 2.45) is 0 Å². The predicted octanol–water partition coefficient (Wildman–Crippen LogP) is 7.66. The quantitative estimate of drug-likeness (QED) is 0.193. The molecule has 0 N–H and O–H groups in total. The molecule has 0 amide bonds. The van der Waals surface area contributed by atoms with Gasteiger partial charge in [0.25, 0.3) is 0 Å². The van der Waals surface area contributed by atoms with Crippen LogP contribution in [0.1, 0.15) is 54.9 Å². The van der Waals surface area contributed by atoms with Crippen molar-refractivity contribution in [3.63, 3.8) is 0 Å². The van der Waals surface area contributed by atoms with Gasteiger partial charge in [-0.15, -0.1) is 0 Å². The molecule has 1 aliphatic heterocycles. The molecule has 3 aromatic rings. The molecule has 37 heavy (non-hydrogen) atoms. The monoisotopic (exact) mass is 518 g/mol. The van der Waals surface area contributed by atoms with Crippen molar-refractivity contribution in [1.82, 2.24) is 0 Å². The van der Waals surface area contributed by atoms with Gasteiger partial charge in [0.2, 0.25) is 0 Å². The van der Waals surface area contributed by atoms with E-state index in [2.05, 4.69) is 6.92 Å². The van der Waals surface area contributed by atoms with Crippen molar-refractivity contribution in [3.05, 3.63) is 82.7 Å². The molecule has 0 spiro atoms. The van der Waals surface area contributed by atoms with E-state index in [1.165, 1.54) is 12.1 Å². The Bertz CT molecular complexity index is 1140. The van der Waals surface area contributed by atoms with Gasteiger partial charge in [0.1, 0.15) is 11.9 Å². The lowest BCUT2D eigenvalue weighted by molar-refractivity contribution is -0.227. The van der Waals surface area contributed by atoms with Gasteiger partial charge in [-0.3, -0.25) is 0 Å². The number of aryl methyl sites for hydroxylation is 3. The number of alkyl halides is 3. The molecule has 7 heteroatoms. The van der Waals surface area contributed by atoms with E-state index in [9.17, 15) is 13.2 Å². The molecule has 200 valence electrons. The summed E-state index contributed by atoms with van der Waals surface area (Å²) < 4.78 is 70.8. The highest BCUT2D eigenvalue weighted by Gasteiger charge is 2.30. The van der Waals surface area contributed by atoms with Crippen molar-refractivity contribution in [2.75, 3.05) is 19.8 Å². The molecular formula is C30H34F4O3. The number of hydrogen-bond acceptors (Lipinski definition) is 3. The predicted molar refractivity (Wildman–Crippen MR) is 136 cm³/mol. The van der Waals surface area contributed by atoms with Crippen LogP contribution in [0.2, 0.25) is 0 Å². The molecule has 0 atom stereocenters. The average Bonchev–Trinajstić information content (AvgIpc) is 2.90. The standard InChI is InChI=1S/C30H34F4O3/c1-2-3-4-17-35-26-19-36-28(37-20-26)16-9-22-8-15-27-24(18-22)12-11-23(29(27)31)10-5-21-6-13-25(14-7-21)30(32,33)34/h6-8,11-15,18,26,28H,2-5,9-10,16-17,19-20H2,1H3. The highest BCUT2D eigenvalue weighted by Crippen LogP contribution is 2.30. The smallest absolute Gasteiger partial charge is 0.373 e. The fourth-order valence-corrected chi connectivity index (χ4v) is 4.55. The minimum atomic E-state index is -4.36. The molecule has 1 aliphatic rings. The Balaban J connectivity index is 1.28. The van der Waals surface area contributed by atoms with Gasteiger partial charge in [-0.25, -0.2) is 4.39 Å². The molecule has 4 rings (SSSR count). The topological polar surface area (TPSA) is 27.7 Å². The summed E-state index contributed by atoms with van der Waals surface area (Å²) in [6, 6.07) is 14.4. The first-order valence-electron chi connectivity index (χ1n) is 13.0. The fraction of sp³-hybridized carbons (Fsp3) is 0.467. The van der Waals surface area contributed by atoms with Crippen LogP contribution in [0.4, 0.5) is 17.6 Å². The SMILES string of the molecule is CCCCCOC1COC(CCc2ccc3c(F)c(CCc4ccc(C(F)(F)F)cc4)ccc3c2)OC1. The summed E-state index contributed by atoms with van der Waals surface area (Å²) >= 11 is 0. The van der Waals surface area contributed by atoms with Crippen LogP contribution in [0.15, 0.2) is 54.6 Å². The van der Waals surface area contributed by atoms with E-state index in [0.717, 1.165) is 60.9 Å². The number of unbranched alkanes of at least 4 members (excludes halogenated alkanes) is 2. The van der Waals surface area contributed by atoms with Gasteiger partial charge >= 0.3 is 6.18 Å². The maximum atomic E-state index is 15.2. The number of hydrogen-bond donors (Lipinski definition) is 0. The third-order valence-corrected chi connectivity index (χ3v) is 6.77. The first-order valence-corrected chi connectivity index (χ1v) is 13.0. The van der Waals surface area contributed by atoms with Crippen molar-refractivity contribution in [1.29, 1.82) is 0 Å². The molecule has 0 radical (unpaired) electrons. The van der Waals surface area contributed by atoms with Crippen LogP contribution in [0, 0.1) is 5.82 Å². The van der Waals surface area contributed by atoms with E-state index < -0.39 is 11.7 Å². The minimum Gasteiger partial charge on any atom is -0.373 e. The molecule has 0 saturated carbocycles. The molecule has 1 saturated heterocycles. The highest BCUT2D eigenvalue weighted by molar-refractivity contribution is 5.84. The van der Waals surface area contributed by atoms with Gasteiger partial charge in [0, 0.05) is 18.4 Å². The molecule has 3 nitrogen and oxygen atoms in total. The van der Waals surface area contributed by atoms with E-state index in [4.69, 9.17) is 14.2 Å². The number of benzene rings is 3. The zero-order valence-electron chi connectivity index (χ0n) is 21.2. The van der Waals surface area contributed by atoms with Crippen molar-refractivity contribution in [2.45, 2.75) is 70.4 Å². The summed E-state index contributed by atoms with van der Waals surface area (Å²) in [6.07, 6.45) is 1.08. The van der Waals surface area contributed by atoms with E-state index in [-0.39, 0.29) is 18.2 Å². The van der Waals surface area contributed by atoms with Gasteiger partial charge in [0.05, 0.1) is 18.8 Å². The lowest BCUT2D eigenvalue weighted by atomic mass is 9.98. The normalized spacial score (nSPS) is 18.4. The summed E-state index contributed by atoms with van der Waals surface area (Å²) in [6.45, 7) is 3.97. The molecule has 3 aromatic carbocycles. The number of ether oxygens (including phenoxy) is 3. The Labute approximate surface area is 215 Å². The van der Waals surface area contributed by atoms with Crippen molar-refractivity contribution >= 4 is 10.8 Å². The molecule has 0 bridgehead atoms. The summed E-state index contributed by atoms with van der Waals surface area (Å²) in [5, 5.41) is 1.36. The Hall–Kier alpha value is -2.48. The summed E-state index contributed by atoms with van der Waals surface area (Å²) in [5.74, 6) is -0.278. The second-order valence-corrected chi connectivity index (χ2v) is 9.62. The lowest BCUT2D eigenvalue weighted by Crippen LogP contribution is -2.37. The van der Waals surface area contributed by atoms with Crippen LogP contribution in [-0.2, 0) is 39.6 Å². The Morgan fingerprint density at radius 1 is 0.865 bits per heavy atom. The van der Waals surface area contributed by atoms with E-state index in [1.54, 1.807) is 12.1 Å². The first-order chi connectivity index (χ1) is 17.8. The first kappa shape index (κ1) is 27.6. The maximum absolute atomic E-state index is 15.2. The minimum absolute atomic E-state index is 0.00908. The largest absolute Gasteiger partial charge is 0.416 e. The second kappa shape index (κ2) is 12.9. The molecule has 0 unspecified atom stereocenters. The molecule has 0 aliphatic carbocycles. The van der Waals surface area contributed by atoms with Crippen LogP contribution in [-0.4, -0.2) is 32.2 Å². The van der Waals surface area contributed by atoms with Crippen LogP contribution in [0.5, 0.6) is 0 Å². The van der Waals surface area contributed by atoms with Crippen molar-refractivity contribution < 1.29 is 31.8 Å². The third kappa shape index (κ3) is 7.76. The van der Waals surface area contributed by atoms with Crippen LogP contribution >= 0.6 is 0 Å². The fourth-order valence-electron chi connectivity index (χ4n) is 4.55. The third-order valence-electron chi connectivity index (χ3n) is 6.77. The zero-order chi connectivity index (χ0) is 26.3. The maximum Gasteiger partial charge on any atom is 0.416 e. The average molecular weight is 519 g/mol. The Morgan fingerprint density at radius 3 is 2.30 bits per heavy atom. The van der Waals surface area contributed by atoms with Gasteiger partial charge in [0.15, 0.2) is 6.29 Å². The van der Waals surface area contributed by atoms with Crippen LogP contribution in [0.3, 0.4) is 0 Å². The molecule has 0 aromatic heterocycles. The Morgan fingerprint density at radius 2 is 1.59 bits per heavy atom. The Kier molecular flexibility index (Phi) is 9.57. The lowest BCUT2D eigenvalue weighted by Gasteiger charge is -2.29. The van der Waals surface area contributed by atoms with Crippen molar-refractivity contribution in [3.8, 4) is 0 Å². The van der Waals surface area contributed by atoms with E-state index in [1.807, 2.05) is 18.2 Å². The summed E-state index contributed by atoms with van der Waals surface area (Å²) in [7, 11) is 0. The van der Waals surface area contributed by atoms with Crippen LogP contribution in [0.25, 0.3) is 10.8 Å². The molecule has 1 fully saturated rings. The molecule has 1 heterocycles. The van der Waals surface area contributed by atoms with E-state index >= 15 is 4.39 Å². The van der Waals surface area contributed by atoms with Gasteiger partial charge < -0.3 is 14.2 Å². The number of fused-ring (bicyclic) bond motifs is 1. The van der Waals surface area contributed by atoms with Gasteiger partial charge in [-0.2, -0.15) is 13.2 Å². The van der Waals surface area contributed by atoms with Gasteiger partial charge in [-0.1, -0.05) is 62.2 Å². The highest BCUT2D eigenvalue weighted by atomic mass is 19.4. The molecular weight excluding hydrogens is 484 g/mol. The summed E-state index contributed by atoms with van der Waals surface area (Å²) in [5.41, 5.74) is 1.69. The second-order valence-electron chi connectivity index (χ2n) is 9.62. The van der Waals surface area contributed by atoms with Crippen LogP contribution < -0.4 is 0 Å². The number of halogens is 4. The zero-order valence-corrected chi connectivity index (χ0v) is 21.2. The van der Waals surface area contributed by atoms with E-state index in [0.29, 0.717) is 43.4 Å². The summed E-state index contributed by atoms with van der Waals surface area (Å²) in [4.78, 5) is 0. The van der Waals surface area contributed by atoms with Gasteiger partial charge in [-0.05, 0) is 59.9 Å². The number of rotatable bonds is 11.